The predicted molar refractivity (Wildman–Crippen MR) is 109 cm³/mol. The molecule has 1 fully saturated rings. The molecule has 0 bridgehead atoms. The first-order valence-corrected chi connectivity index (χ1v) is 10.3. The van der Waals surface area contributed by atoms with E-state index in [2.05, 4.69) is 24.3 Å². The van der Waals surface area contributed by atoms with Gasteiger partial charge in [0.1, 0.15) is 5.75 Å². The topological polar surface area (TPSA) is 44.5 Å². The Morgan fingerprint density at radius 2 is 1.96 bits per heavy atom. The van der Waals surface area contributed by atoms with Crippen LogP contribution in [-0.4, -0.2) is 19.8 Å². The number of hydrogen-bond acceptors (Lipinski definition) is 3. The molecule has 0 amide bonds. The van der Waals surface area contributed by atoms with Crippen molar-refractivity contribution < 1.29 is 9.47 Å². The molecular formula is C24H31NO2. The lowest BCUT2D eigenvalue weighted by atomic mass is 9.82. The number of nitrogens with two attached hydrogens (primary N) is 1. The van der Waals surface area contributed by atoms with E-state index in [1.807, 2.05) is 18.2 Å². The molecule has 3 atom stereocenters. The highest BCUT2D eigenvalue weighted by molar-refractivity contribution is 5.36. The van der Waals surface area contributed by atoms with Crippen LogP contribution >= 0.6 is 0 Å². The standard InChI is InChI=1S/C24H31NO2/c1-26-24-4-2-3-17(12-24)15-27-16-18-5-6-20-13-21(8-7-19(20)11-18)22-9-10-23(25)14-22/h2-4,7-8,12-13,18,22-23H,5-6,9-11,14-16,25H2,1H3/t18-,22?,23?/m0/s1. The largest absolute Gasteiger partial charge is 0.497 e. The summed E-state index contributed by atoms with van der Waals surface area (Å²) in [7, 11) is 1.70. The highest BCUT2D eigenvalue weighted by atomic mass is 16.5. The lowest BCUT2D eigenvalue weighted by Crippen LogP contribution is -2.19. The highest BCUT2D eigenvalue weighted by Crippen LogP contribution is 2.36. The molecule has 3 heteroatoms. The molecule has 27 heavy (non-hydrogen) atoms. The molecule has 2 aliphatic carbocycles. The van der Waals surface area contributed by atoms with Gasteiger partial charge in [0.15, 0.2) is 0 Å². The number of benzene rings is 2. The molecule has 0 aromatic heterocycles. The van der Waals surface area contributed by atoms with Gasteiger partial charge in [0.25, 0.3) is 0 Å². The Morgan fingerprint density at radius 3 is 2.78 bits per heavy atom. The Bertz CT molecular complexity index is 773. The van der Waals surface area contributed by atoms with Gasteiger partial charge in [-0.2, -0.15) is 0 Å². The summed E-state index contributed by atoms with van der Waals surface area (Å²) in [5.74, 6) is 2.18. The summed E-state index contributed by atoms with van der Waals surface area (Å²) in [6, 6.07) is 15.7. The minimum Gasteiger partial charge on any atom is -0.497 e. The number of hydrogen-bond donors (Lipinski definition) is 1. The van der Waals surface area contributed by atoms with E-state index in [1.165, 1.54) is 42.4 Å². The zero-order chi connectivity index (χ0) is 18.6. The third-order valence-electron chi connectivity index (χ3n) is 6.26. The molecule has 0 saturated heterocycles. The Hall–Kier alpha value is -1.84. The zero-order valence-corrected chi connectivity index (χ0v) is 16.3. The monoisotopic (exact) mass is 365 g/mol. The van der Waals surface area contributed by atoms with Gasteiger partial charge in [-0.15, -0.1) is 0 Å². The fraction of sp³-hybridized carbons (Fsp3) is 0.500. The van der Waals surface area contributed by atoms with E-state index in [1.54, 1.807) is 12.7 Å². The average Bonchev–Trinajstić information content (AvgIpc) is 3.14. The molecule has 2 aromatic carbocycles. The number of aryl methyl sites for hydroxylation is 1. The first-order chi connectivity index (χ1) is 13.2. The molecule has 0 radical (unpaired) electrons. The third kappa shape index (κ3) is 4.53. The maximum atomic E-state index is 6.10. The van der Waals surface area contributed by atoms with Crippen LogP contribution in [0.15, 0.2) is 42.5 Å². The maximum Gasteiger partial charge on any atom is 0.119 e. The second-order valence-electron chi connectivity index (χ2n) is 8.27. The van der Waals surface area contributed by atoms with Crippen LogP contribution < -0.4 is 10.5 Å². The molecule has 2 unspecified atom stereocenters. The Balaban J connectivity index is 1.30. The molecule has 3 nitrogen and oxygen atoms in total. The average molecular weight is 366 g/mol. The van der Waals surface area contributed by atoms with Gasteiger partial charge in [0.05, 0.1) is 20.3 Å². The molecule has 0 heterocycles. The first-order valence-electron chi connectivity index (χ1n) is 10.3. The van der Waals surface area contributed by atoms with Crippen LogP contribution in [0.2, 0.25) is 0 Å². The van der Waals surface area contributed by atoms with Crippen molar-refractivity contribution in [3.8, 4) is 5.75 Å². The van der Waals surface area contributed by atoms with Crippen molar-refractivity contribution in [2.75, 3.05) is 13.7 Å². The van der Waals surface area contributed by atoms with E-state index in [9.17, 15) is 0 Å². The Morgan fingerprint density at radius 1 is 1.04 bits per heavy atom. The van der Waals surface area contributed by atoms with Gasteiger partial charge in [-0.3, -0.25) is 0 Å². The van der Waals surface area contributed by atoms with Crippen molar-refractivity contribution in [2.24, 2.45) is 11.7 Å². The summed E-state index contributed by atoms with van der Waals surface area (Å²) in [5.41, 5.74) is 11.9. The lowest BCUT2D eigenvalue weighted by molar-refractivity contribution is 0.0822. The van der Waals surface area contributed by atoms with E-state index in [0.717, 1.165) is 25.2 Å². The second kappa shape index (κ2) is 8.45. The summed E-state index contributed by atoms with van der Waals surface area (Å²) in [4.78, 5) is 0. The second-order valence-corrected chi connectivity index (χ2v) is 8.27. The van der Waals surface area contributed by atoms with Crippen molar-refractivity contribution >= 4 is 0 Å². The smallest absolute Gasteiger partial charge is 0.119 e. The summed E-state index contributed by atoms with van der Waals surface area (Å²) in [6.45, 7) is 1.48. The summed E-state index contributed by atoms with van der Waals surface area (Å²) >= 11 is 0. The van der Waals surface area contributed by atoms with Crippen LogP contribution in [-0.2, 0) is 24.2 Å². The normalized spacial score (nSPS) is 24.6. The Labute approximate surface area is 162 Å². The fourth-order valence-corrected chi connectivity index (χ4v) is 4.67. The molecular weight excluding hydrogens is 334 g/mol. The van der Waals surface area contributed by atoms with Crippen molar-refractivity contribution in [1.29, 1.82) is 0 Å². The van der Waals surface area contributed by atoms with Crippen molar-refractivity contribution in [3.63, 3.8) is 0 Å². The number of rotatable bonds is 6. The van der Waals surface area contributed by atoms with Crippen molar-refractivity contribution in [2.45, 2.75) is 57.1 Å². The van der Waals surface area contributed by atoms with Crippen LogP contribution in [0.25, 0.3) is 0 Å². The van der Waals surface area contributed by atoms with Gasteiger partial charge in [0, 0.05) is 6.04 Å². The molecule has 0 aliphatic heterocycles. The Kier molecular flexibility index (Phi) is 5.80. The van der Waals surface area contributed by atoms with Gasteiger partial charge in [-0.25, -0.2) is 0 Å². The third-order valence-corrected chi connectivity index (χ3v) is 6.26. The SMILES string of the molecule is COc1cccc(COC[C@H]2CCc3cc(C4CCC(N)C4)ccc3C2)c1. The molecule has 2 N–H and O–H groups in total. The van der Waals surface area contributed by atoms with Crippen LogP contribution in [0, 0.1) is 5.92 Å². The van der Waals surface area contributed by atoms with E-state index >= 15 is 0 Å². The van der Waals surface area contributed by atoms with E-state index in [4.69, 9.17) is 15.2 Å². The molecule has 1 saturated carbocycles. The highest BCUT2D eigenvalue weighted by Gasteiger charge is 2.25. The molecule has 0 spiro atoms. The minimum absolute atomic E-state index is 0.400. The molecule has 4 rings (SSSR count). The molecule has 2 aromatic rings. The van der Waals surface area contributed by atoms with Crippen LogP contribution in [0.1, 0.15) is 53.9 Å². The lowest BCUT2D eigenvalue weighted by Gasteiger charge is -2.26. The van der Waals surface area contributed by atoms with Gasteiger partial charge < -0.3 is 15.2 Å². The van der Waals surface area contributed by atoms with Crippen LogP contribution in [0.5, 0.6) is 5.75 Å². The molecule has 2 aliphatic rings. The first kappa shape index (κ1) is 18.5. The van der Waals surface area contributed by atoms with E-state index in [-0.39, 0.29) is 0 Å². The van der Waals surface area contributed by atoms with Crippen molar-refractivity contribution in [1.82, 2.24) is 0 Å². The number of ether oxygens (including phenoxy) is 2. The minimum atomic E-state index is 0.400. The maximum absolute atomic E-state index is 6.10. The van der Waals surface area contributed by atoms with Gasteiger partial charge in [-0.05, 0) is 84.7 Å². The van der Waals surface area contributed by atoms with E-state index in [0.29, 0.717) is 24.5 Å². The van der Waals surface area contributed by atoms with Gasteiger partial charge in [0.2, 0.25) is 0 Å². The fourth-order valence-electron chi connectivity index (χ4n) is 4.67. The number of fused-ring (bicyclic) bond motifs is 1. The number of methoxy groups -OCH3 is 1. The van der Waals surface area contributed by atoms with Crippen molar-refractivity contribution in [3.05, 3.63) is 64.7 Å². The van der Waals surface area contributed by atoms with Crippen LogP contribution in [0.4, 0.5) is 0 Å². The quantitative estimate of drug-likeness (QED) is 0.813. The predicted octanol–water partition coefficient (Wildman–Crippen LogP) is 4.61. The summed E-state index contributed by atoms with van der Waals surface area (Å²) < 4.78 is 11.3. The molecule has 144 valence electrons. The van der Waals surface area contributed by atoms with Gasteiger partial charge in [-0.1, -0.05) is 30.3 Å². The van der Waals surface area contributed by atoms with Crippen LogP contribution in [0.3, 0.4) is 0 Å². The summed E-state index contributed by atoms with van der Waals surface area (Å²) in [6.07, 6.45) is 7.11. The zero-order valence-electron chi connectivity index (χ0n) is 16.3. The van der Waals surface area contributed by atoms with E-state index < -0.39 is 0 Å². The van der Waals surface area contributed by atoms with Gasteiger partial charge >= 0.3 is 0 Å². The summed E-state index contributed by atoms with van der Waals surface area (Å²) in [5, 5.41) is 0.